The fraction of sp³-hybridized carbons (Fsp3) is 0.0909. The number of amides is 2. The maximum Gasteiger partial charge on any atom is 0.268 e. The van der Waals surface area contributed by atoms with Crippen LogP contribution in [0.15, 0.2) is 61.7 Å². The molecule has 2 amide bonds. The summed E-state index contributed by atoms with van der Waals surface area (Å²) in [6.07, 6.45) is 3.12. The van der Waals surface area contributed by atoms with Gasteiger partial charge in [-0.1, -0.05) is 37.2 Å². The van der Waals surface area contributed by atoms with E-state index in [1.54, 1.807) is 48.6 Å². The average molecular weight is 406 g/mol. The van der Waals surface area contributed by atoms with Gasteiger partial charge in [-0.3, -0.25) is 20.4 Å². The summed E-state index contributed by atoms with van der Waals surface area (Å²) in [7, 11) is 0. The Balaban J connectivity index is 2.37. The van der Waals surface area contributed by atoms with Crippen molar-refractivity contribution in [2.24, 2.45) is 11.7 Å². The van der Waals surface area contributed by atoms with Crippen molar-refractivity contribution in [3.8, 4) is 23.3 Å². The third kappa shape index (κ3) is 5.72. The zero-order chi connectivity index (χ0) is 21.9. The van der Waals surface area contributed by atoms with E-state index < -0.39 is 11.8 Å². The molecule has 0 heterocycles. The van der Waals surface area contributed by atoms with Gasteiger partial charge >= 0.3 is 0 Å². The van der Waals surface area contributed by atoms with Crippen molar-refractivity contribution in [2.45, 2.75) is 0 Å². The van der Waals surface area contributed by atoms with Crippen LogP contribution in [-0.4, -0.2) is 25.0 Å². The van der Waals surface area contributed by atoms with Gasteiger partial charge in [-0.15, -0.1) is 0 Å². The van der Waals surface area contributed by atoms with Gasteiger partial charge in [0.1, 0.15) is 24.7 Å². The van der Waals surface area contributed by atoms with Crippen molar-refractivity contribution in [1.29, 1.82) is 0 Å². The van der Waals surface area contributed by atoms with Crippen LogP contribution in [0.25, 0.3) is 0 Å². The predicted molar refractivity (Wildman–Crippen MR) is 114 cm³/mol. The highest BCUT2D eigenvalue weighted by Gasteiger charge is 2.13. The van der Waals surface area contributed by atoms with E-state index in [0.29, 0.717) is 22.6 Å². The number of carbonyl (C=O) groups excluding carboxylic acids is 2. The molecule has 0 aliphatic carbocycles. The maximum atomic E-state index is 11.9. The molecule has 2 rings (SSSR count). The van der Waals surface area contributed by atoms with Crippen molar-refractivity contribution >= 4 is 11.8 Å². The normalized spacial score (nSPS) is 9.53. The molecular weight excluding hydrogens is 384 g/mol. The summed E-state index contributed by atoms with van der Waals surface area (Å²) in [4.78, 5) is 23.8. The molecule has 0 fully saturated rings. The van der Waals surface area contributed by atoms with Crippen LogP contribution in [0.4, 0.5) is 0 Å². The van der Waals surface area contributed by atoms with Gasteiger partial charge in [-0.05, 0) is 36.4 Å². The van der Waals surface area contributed by atoms with E-state index >= 15 is 0 Å². The van der Waals surface area contributed by atoms with Gasteiger partial charge < -0.3 is 9.47 Å². The highest BCUT2D eigenvalue weighted by molar-refractivity contribution is 5.97. The van der Waals surface area contributed by atoms with Crippen molar-refractivity contribution in [2.75, 3.05) is 13.2 Å². The van der Waals surface area contributed by atoms with Crippen LogP contribution in [0.2, 0.25) is 0 Å². The van der Waals surface area contributed by atoms with Gasteiger partial charge in [0.25, 0.3) is 11.8 Å². The first kappa shape index (κ1) is 22.2. The van der Waals surface area contributed by atoms with Crippen molar-refractivity contribution in [1.82, 2.24) is 10.9 Å². The molecule has 0 saturated heterocycles. The number of carbonyl (C=O) groups is 2. The van der Waals surface area contributed by atoms with Gasteiger partial charge in [-0.2, -0.15) is 0 Å². The Hall–Kier alpha value is -4.06. The molecular formula is C22H22N4O4. The standard InChI is InChI=1S/C22H22N4O4/c1-3-11-29-19-13-15(7-9-17(19)21(27)25-23)5-6-16-8-10-18(22(28)26-24)20(14-16)30-12-4-2/h3-4,7-10,13-14H,1-2,11-12,23-24H2,(H,25,27)(H,26,28). The molecule has 0 aromatic heterocycles. The van der Waals surface area contributed by atoms with E-state index in [1.165, 1.54) is 0 Å². The molecule has 0 aliphatic rings. The zero-order valence-electron chi connectivity index (χ0n) is 16.2. The minimum Gasteiger partial charge on any atom is -0.489 e. The SMILES string of the molecule is C=CCOc1cc(C#Cc2ccc(C(=O)NN)c(OCC=C)c2)ccc1C(=O)NN. The van der Waals surface area contributed by atoms with E-state index in [4.69, 9.17) is 21.2 Å². The minimum absolute atomic E-state index is 0.219. The zero-order valence-corrected chi connectivity index (χ0v) is 16.2. The van der Waals surface area contributed by atoms with Gasteiger partial charge in [0.15, 0.2) is 0 Å². The molecule has 0 saturated carbocycles. The van der Waals surface area contributed by atoms with Crippen LogP contribution < -0.4 is 32.0 Å². The molecule has 8 nitrogen and oxygen atoms in total. The smallest absolute Gasteiger partial charge is 0.268 e. The molecule has 0 spiro atoms. The van der Waals surface area contributed by atoms with E-state index in [9.17, 15) is 9.59 Å². The van der Waals surface area contributed by atoms with Crippen LogP contribution in [0.3, 0.4) is 0 Å². The monoisotopic (exact) mass is 406 g/mol. The predicted octanol–water partition coefficient (Wildman–Crippen LogP) is 1.42. The van der Waals surface area contributed by atoms with Crippen molar-refractivity contribution < 1.29 is 19.1 Å². The maximum absolute atomic E-state index is 11.9. The van der Waals surface area contributed by atoms with Gasteiger partial charge in [-0.25, -0.2) is 11.7 Å². The van der Waals surface area contributed by atoms with Crippen LogP contribution >= 0.6 is 0 Å². The van der Waals surface area contributed by atoms with Gasteiger partial charge in [0.05, 0.1) is 11.1 Å². The van der Waals surface area contributed by atoms with Crippen LogP contribution in [0.1, 0.15) is 31.8 Å². The molecule has 0 bridgehead atoms. The Morgan fingerprint density at radius 3 is 1.57 bits per heavy atom. The second-order valence-corrected chi connectivity index (χ2v) is 5.82. The number of nitrogens with one attached hydrogen (secondary N) is 2. The van der Waals surface area contributed by atoms with Crippen LogP contribution in [-0.2, 0) is 0 Å². The lowest BCUT2D eigenvalue weighted by molar-refractivity contribution is 0.0942. The Bertz CT molecular complexity index is 942. The first-order chi connectivity index (χ1) is 14.5. The van der Waals surface area contributed by atoms with E-state index in [1.807, 2.05) is 0 Å². The quantitative estimate of drug-likeness (QED) is 0.173. The molecule has 8 heteroatoms. The number of hydrazine groups is 2. The fourth-order valence-corrected chi connectivity index (χ4v) is 2.41. The lowest BCUT2D eigenvalue weighted by Gasteiger charge is -2.10. The van der Waals surface area contributed by atoms with Crippen molar-refractivity contribution in [3.05, 3.63) is 84.0 Å². The number of rotatable bonds is 8. The Morgan fingerprint density at radius 2 is 1.23 bits per heavy atom. The third-order valence-electron chi connectivity index (χ3n) is 3.78. The van der Waals surface area contributed by atoms with Crippen molar-refractivity contribution in [3.63, 3.8) is 0 Å². The second-order valence-electron chi connectivity index (χ2n) is 5.82. The topological polar surface area (TPSA) is 129 Å². The summed E-state index contributed by atoms with van der Waals surface area (Å²) in [6, 6.07) is 9.74. The molecule has 0 atom stereocenters. The Labute approximate surface area is 174 Å². The third-order valence-corrected chi connectivity index (χ3v) is 3.78. The summed E-state index contributed by atoms with van der Waals surface area (Å²) in [6.45, 7) is 7.62. The first-order valence-corrected chi connectivity index (χ1v) is 8.83. The largest absolute Gasteiger partial charge is 0.489 e. The summed E-state index contributed by atoms with van der Waals surface area (Å²) in [5.74, 6) is 16.1. The Morgan fingerprint density at radius 1 is 0.833 bits per heavy atom. The molecule has 2 aromatic rings. The number of hydrogen-bond donors (Lipinski definition) is 4. The number of nitrogens with two attached hydrogens (primary N) is 2. The number of benzene rings is 2. The van der Waals surface area contributed by atoms with Gasteiger partial charge in [0.2, 0.25) is 0 Å². The average Bonchev–Trinajstić information content (AvgIpc) is 2.78. The summed E-state index contributed by atoms with van der Waals surface area (Å²) >= 11 is 0. The number of ether oxygens (including phenoxy) is 2. The lowest BCUT2D eigenvalue weighted by atomic mass is 10.1. The molecule has 30 heavy (non-hydrogen) atoms. The summed E-state index contributed by atoms with van der Waals surface area (Å²) in [5, 5.41) is 0. The van der Waals surface area contributed by atoms with Gasteiger partial charge in [0, 0.05) is 11.1 Å². The molecule has 0 unspecified atom stereocenters. The summed E-state index contributed by atoms with van der Waals surface area (Å²) < 4.78 is 11.1. The highest BCUT2D eigenvalue weighted by atomic mass is 16.5. The van der Waals surface area contributed by atoms with E-state index in [2.05, 4.69) is 35.9 Å². The molecule has 154 valence electrons. The number of nitrogen functional groups attached to an aromatic ring is 2. The molecule has 0 aliphatic heterocycles. The van der Waals surface area contributed by atoms with E-state index in [0.717, 1.165) is 0 Å². The van der Waals surface area contributed by atoms with Crippen LogP contribution in [0, 0.1) is 11.8 Å². The number of hydrogen-bond acceptors (Lipinski definition) is 6. The summed E-state index contributed by atoms with van der Waals surface area (Å²) in [5.41, 5.74) is 5.93. The Kier molecular flexibility index (Phi) is 8.20. The van der Waals surface area contributed by atoms with Crippen LogP contribution in [0.5, 0.6) is 11.5 Å². The first-order valence-electron chi connectivity index (χ1n) is 8.83. The second kappa shape index (κ2) is 11.1. The fourth-order valence-electron chi connectivity index (χ4n) is 2.41. The minimum atomic E-state index is -0.480. The lowest BCUT2D eigenvalue weighted by Crippen LogP contribution is -2.30. The molecule has 0 radical (unpaired) electrons. The molecule has 2 aromatic carbocycles. The highest BCUT2D eigenvalue weighted by Crippen LogP contribution is 2.22. The molecule has 6 N–H and O–H groups in total. The van der Waals surface area contributed by atoms with E-state index in [-0.39, 0.29) is 24.3 Å².